The maximum atomic E-state index is 10.8. The average molecular weight is 430 g/mol. The second-order valence-corrected chi connectivity index (χ2v) is 6.57. The zero-order valence-corrected chi connectivity index (χ0v) is 16.8. The van der Waals surface area contributed by atoms with E-state index in [4.69, 9.17) is 21.8 Å². The van der Waals surface area contributed by atoms with Crippen molar-refractivity contribution >= 4 is 40.7 Å². The molecular weight excluding hydrogens is 410 g/mol. The minimum atomic E-state index is -1.26. The van der Waals surface area contributed by atoms with E-state index >= 15 is 0 Å². The van der Waals surface area contributed by atoms with Crippen molar-refractivity contribution < 1.29 is 24.6 Å². The molecule has 0 spiro atoms. The topological polar surface area (TPSA) is 122 Å². The predicted molar refractivity (Wildman–Crippen MR) is 113 cm³/mol. The number of nitrogens with one attached hydrogen (secondary N) is 1. The highest BCUT2D eigenvalue weighted by molar-refractivity contribution is 6.31. The zero-order valence-electron chi connectivity index (χ0n) is 16.0. The van der Waals surface area contributed by atoms with Crippen molar-refractivity contribution in [3.63, 3.8) is 0 Å². The highest BCUT2D eigenvalue weighted by atomic mass is 35.5. The second kappa shape index (κ2) is 10.8. The molecule has 1 atom stereocenters. The van der Waals surface area contributed by atoms with Crippen LogP contribution in [0.3, 0.4) is 0 Å². The van der Waals surface area contributed by atoms with E-state index in [2.05, 4.69) is 17.3 Å². The van der Waals surface area contributed by atoms with Crippen LogP contribution >= 0.6 is 11.6 Å². The van der Waals surface area contributed by atoms with Crippen LogP contribution in [0.1, 0.15) is 35.3 Å². The molecule has 0 amide bonds. The lowest BCUT2D eigenvalue weighted by molar-refractivity contribution is -0.134. The van der Waals surface area contributed by atoms with E-state index in [1.54, 1.807) is 18.5 Å². The fraction of sp³-hybridized carbons (Fsp3) is 0.143. The summed E-state index contributed by atoms with van der Waals surface area (Å²) in [4.78, 5) is 34.3. The van der Waals surface area contributed by atoms with Crippen molar-refractivity contribution in [3.8, 4) is 0 Å². The molecule has 3 rings (SSSR count). The van der Waals surface area contributed by atoms with Gasteiger partial charge in [-0.05, 0) is 36.2 Å². The van der Waals surface area contributed by atoms with Crippen molar-refractivity contribution in [2.45, 2.75) is 19.4 Å². The first kappa shape index (κ1) is 22.6. The van der Waals surface area contributed by atoms with E-state index in [1.807, 2.05) is 35.1 Å². The van der Waals surface area contributed by atoms with Gasteiger partial charge in [-0.15, -0.1) is 0 Å². The van der Waals surface area contributed by atoms with Gasteiger partial charge in [0.2, 0.25) is 0 Å². The summed E-state index contributed by atoms with van der Waals surface area (Å²) in [6, 6.07) is 9.64. The summed E-state index contributed by atoms with van der Waals surface area (Å²) < 4.78 is 1.82. The Kier molecular flexibility index (Phi) is 8.13. The van der Waals surface area contributed by atoms with E-state index in [9.17, 15) is 14.4 Å². The lowest BCUT2D eigenvalue weighted by Crippen LogP contribution is -2.19. The van der Waals surface area contributed by atoms with Gasteiger partial charge in [-0.1, -0.05) is 24.6 Å². The molecule has 156 valence electrons. The molecule has 9 heteroatoms. The molecule has 0 aliphatic carbocycles. The van der Waals surface area contributed by atoms with Crippen LogP contribution < -0.4 is 5.43 Å². The minimum absolute atomic E-state index is 0.110. The predicted octanol–water partition coefficient (Wildman–Crippen LogP) is 3.91. The number of carboxylic acids is 2. The number of hydrogen-bond donors (Lipinski definition) is 3. The summed E-state index contributed by atoms with van der Waals surface area (Å²) in [5.41, 5.74) is 6.09. The normalized spacial score (nSPS) is 11.5. The quantitative estimate of drug-likeness (QED) is 0.384. The van der Waals surface area contributed by atoms with E-state index in [1.165, 1.54) is 0 Å². The highest BCUT2D eigenvalue weighted by Gasteiger charge is 2.13. The summed E-state index contributed by atoms with van der Waals surface area (Å²) in [6.07, 6.45) is 8.26. The molecule has 30 heavy (non-hydrogen) atoms. The molecule has 2 aromatic heterocycles. The fourth-order valence-electron chi connectivity index (χ4n) is 2.71. The molecule has 1 unspecified atom stereocenters. The van der Waals surface area contributed by atoms with Gasteiger partial charge in [0, 0.05) is 46.7 Å². The second-order valence-electron chi connectivity index (χ2n) is 6.13. The number of nitrogens with zero attached hydrogens (tertiary/aromatic N) is 2. The lowest BCUT2D eigenvalue weighted by Gasteiger charge is -2.21. The molecule has 0 saturated carbocycles. The molecule has 8 nitrogen and oxygen atoms in total. The molecule has 3 N–H and O–H groups in total. The number of halogens is 1. The number of fused-ring (bicyclic) bond motifs is 1. The van der Waals surface area contributed by atoms with Crippen molar-refractivity contribution in [2.24, 2.45) is 0 Å². The number of benzene rings is 1. The molecule has 0 saturated heterocycles. The Balaban J connectivity index is 0.000000343. The van der Waals surface area contributed by atoms with Crippen molar-refractivity contribution in [2.75, 3.05) is 5.43 Å². The Labute approximate surface area is 177 Å². The maximum Gasteiger partial charge on any atom is 0.328 e. The monoisotopic (exact) mass is 429 g/mol. The van der Waals surface area contributed by atoms with Crippen molar-refractivity contribution in [1.82, 2.24) is 9.66 Å². The van der Waals surface area contributed by atoms with Crippen LogP contribution in [-0.2, 0) is 9.59 Å². The Bertz CT molecular complexity index is 1060. The van der Waals surface area contributed by atoms with Gasteiger partial charge < -0.3 is 15.6 Å². The highest BCUT2D eigenvalue weighted by Crippen LogP contribution is 2.27. The first-order valence-corrected chi connectivity index (χ1v) is 9.29. The number of carbonyl (C=O) groups is 3. The maximum absolute atomic E-state index is 10.8. The number of aldehydes is 1. The first-order valence-electron chi connectivity index (χ1n) is 8.91. The zero-order chi connectivity index (χ0) is 22.1. The summed E-state index contributed by atoms with van der Waals surface area (Å²) in [5.74, 6) is -2.51. The van der Waals surface area contributed by atoms with Crippen LogP contribution in [0.2, 0.25) is 5.02 Å². The van der Waals surface area contributed by atoms with Crippen LogP contribution in [0, 0.1) is 0 Å². The number of rotatable bonds is 7. The van der Waals surface area contributed by atoms with Gasteiger partial charge in [0.25, 0.3) is 0 Å². The van der Waals surface area contributed by atoms with Gasteiger partial charge in [-0.25, -0.2) is 9.59 Å². The third-order valence-corrected chi connectivity index (χ3v) is 4.28. The summed E-state index contributed by atoms with van der Waals surface area (Å²) in [5, 5.41) is 17.4. The van der Waals surface area contributed by atoms with Gasteiger partial charge in [0.1, 0.15) is 0 Å². The number of aliphatic carboxylic acids is 2. The van der Waals surface area contributed by atoms with Crippen LogP contribution in [0.5, 0.6) is 0 Å². The minimum Gasteiger partial charge on any atom is -0.478 e. The Morgan fingerprint density at radius 3 is 2.47 bits per heavy atom. The Morgan fingerprint density at radius 1 is 1.20 bits per heavy atom. The van der Waals surface area contributed by atoms with Gasteiger partial charge >= 0.3 is 11.9 Å². The molecule has 1 aromatic carbocycles. The van der Waals surface area contributed by atoms with Crippen LogP contribution in [0.15, 0.2) is 61.1 Å². The SMILES string of the molecule is CCC(Nn1ccc(C=O)c1)c1ccnc2cc(Cl)ccc12.O=C(O)C=CC(=O)O. The van der Waals surface area contributed by atoms with E-state index in [0.29, 0.717) is 22.7 Å². The molecule has 0 aliphatic rings. The number of aromatic nitrogens is 2. The van der Waals surface area contributed by atoms with Gasteiger partial charge in [-0.2, -0.15) is 0 Å². The lowest BCUT2D eigenvalue weighted by atomic mass is 10.0. The summed E-state index contributed by atoms with van der Waals surface area (Å²) >= 11 is 6.04. The summed E-state index contributed by atoms with van der Waals surface area (Å²) in [7, 11) is 0. The molecule has 0 fully saturated rings. The third-order valence-electron chi connectivity index (χ3n) is 4.05. The third kappa shape index (κ3) is 6.46. The van der Waals surface area contributed by atoms with E-state index in [-0.39, 0.29) is 6.04 Å². The molecule has 0 aliphatic heterocycles. The standard InChI is InChI=1S/C17H16ClN3O.C4H4O4/c1-2-16(20-21-8-6-12(10-21)11-22)15-5-7-19-17-9-13(18)3-4-14(15)17;5-3(6)1-2-4(7)8/h3-11,16,20H,2H2,1H3;1-2H,(H,5,6)(H,7,8). The summed E-state index contributed by atoms with van der Waals surface area (Å²) in [6.45, 7) is 2.12. The molecule has 0 bridgehead atoms. The molecule has 2 heterocycles. The molecule has 3 aromatic rings. The fourth-order valence-corrected chi connectivity index (χ4v) is 2.88. The van der Waals surface area contributed by atoms with Gasteiger partial charge in [-0.3, -0.25) is 14.5 Å². The van der Waals surface area contributed by atoms with Crippen molar-refractivity contribution in [3.05, 3.63) is 77.2 Å². The number of pyridine rings is 1. The number of hydrogen-bond acceptors (Lipinski definition) is 5. The van der Waals surface area contributed by atoms with Gasteiger partial charge in [0.05, 0.1) is 11.6 Å². The molecular formula is C21H20ClN3O5. The molecule has 0 radical (unpaired) electrons. The van der Waals surface area contributed by atoms with Crippen LogP contribution in [0.25, 0.3) is 10.9 Å². The van der Waals surface area contributed by atoms with Crippen LogP contribution in [-0.4, -0.2) is 38.1 Å². The Hall–Kier alpha value is -3.65. The Morgan fingerprint density at radius 2 is 1.90 bits per heavy atom. The van der Waals surface area contributed by atoms with E-state index in [0.717, 1.165) is 29.2 Å². The largest absolute Gasteiger partial charge is 0.478 e. The van der Waals surface area contributed by atoms with Crippen LogP contribution in [0.4, 0.5) is 0 Å². The average Bonchev–Trinajstić information content (AvgIpc) is 3.18. The number of carboxylic acid groups (broad SMARTS) is 2. The van der Waals surface area contributed by atoms with Gasteiger partial charge in [0.15, 0.2) is 6.29 Å². The van der Waals surface area contributed by atoms with E-state index < -0.39 is 11.9 Å². The number of carbonyl (C=O) groups excluding carboxylic acids is 1. The smallest absolute Gasteiger partial charge is 0.328 e. The van der Waals surface area contributed by atoms with Crippen molar-refractivity contribution in [1.29, 1.82) is 0 Å². The first-order chi connectivity index (χ1) is 14.3.